The minimum atomic E-state index is 0.283. The molecule has 21 heavy (non-hydrogen) atoms. The second-order valence-electron chi connectivity index (χ2n) is 8.48. The van der Waals surface area contributed by atoms with Crippen LogP contribution in [0.2, 0.25) is 0 Å². The fourth-order valence-corrected chi connectivity index (χ4v) is 4.12. The molecule has 1 saturated heterocycles. The van der Waals surface area contributed by atoms with Crippen molar-refractivity contribution in [2.24, 2.45) is 17.3 Å². The maximum absolute atomic E-state index is 12.2. The summed E-state index contributed by atoms with van der Waals surface area (Å²) < 4.78 is 0. The van der Waals surface area contributed by atoms with Gasteiger partial charge in [-0.3, -0.25) is 4.79 Å². The van der Waals surface area contributed by atoms with Crippen molar-refractivity contribution in [3.63, 3.8) is 0 Å². The van der Waals surface area contributed by atoms with Gasteiger partial charge < -0.3 is 10.6 Å². The molecule has 3 nitrogen and oxygen atoms in total. The Morgan fingerprint density at radius 2 is 1.90 bits per heavy atom. The van der Waals surface area contributed by atoms with Crippen molar-refractivity contribution in [1.29, 1.82) is 0 Å². The molecular weight excluding hydrogens is 260 g/mol. The molecule has 3 heteroatoms. The third kappa shape index (κ3) is 6.37. The molecule has 122 valence electrons. The van der Waals surface area contributed by atoms with Gasteiger partial charge in [0.15, 0.2) is 0 Å². The van der Waals surface area contributed by atoms with Gasteiger partial charge in [-0.05, 0) is 62.4 Å². The third-order valence-corrected chi connectivity index (χ3v) is 4.92. The zero-order valence-corrected chi connectivity index (χ0v) is 14.2. The molecule has 3 unspecified atom stereocenters. The van der Waals surface area contributed by atoms with E-state index in [4.69, 9.17) is 0 Å². The van der Waals surface area contributed by atoms with Crippen LogP contribution in [0, 0.1) is 17.3 Å². The predicted octanol–water partition coefficient (Wildman–Crippen LogP) is 3.49. The Hall–Kier alpha value is -0.570. The SMILES string of the molecule is CC(C)(C)CC1CCCC(NC(=O)CC2CCCNC2)C1. The molecule has 2 fully saturated rings. The highest BCUT2D eigenvalue weighted by Crippen LogP contribution is 2.34. The first-order chi connectivity index (χ1) is 9.92. The molecule has 0 aromatic rings. The highest BCUT2D eigenvalue weighted by Gasteiger charge is 2.27. The van der Waals surface area contributed by atoms with Gasteiger partial charge >= 0.3 is 0 Å². The third-order valence-electron chi connectivity index (χ3n) is 4.92. The summed E-state index contributed by atoms with van der Waals surface area (Å²) in [6.45, 7) is 9.11. The second kappa shape index (κ2) is 7.62. The number of carbonyl (C=O) groups is 1. The van der Waals surface area contributed by atoms with Crippen LogP contribution in [0.25, 0.3) is 0 Å². The molecule has 1 saturated carbocycles. The van der Waals surface area contributed by atoms with Crippen LogP contribution in [0.3, 0.4) is 0 Å². The smallest absolute Gasteiger partial charge is 0.220 e. The van der Waals surface area contributed by atoms with Gasteiger partial charge in [-0.15, -0.1) is 0 Å². The lowest BCUT2D eigenvalue weighted by atomic mass is 9.76. The number of carbonyl (C=O) groups excluding carboxylic acids is 1. The Morgan fingerprint density at radius 3 is 2.57 bits per heavy atom. The Labute approximate surface area is 130 Å². The van der Waals surface area contributed by atoms with Crippen molar-refractivity contribution in [2.45, 2.75) is 78.2 Å². The van der Waals surface area contributed by atoms with E-state index in [0.717, 1.165) is 19.0 Å². The van der Waals surface area contributed by atoms with Crippen LogP contribution in [0.15, 0.2) is 0 Å². The zero-order valence-electron chi connectivity index (χ0n) is 14.2. The molecule has 0 aromatic heterocycles. The van der Waals surface area contributed by atoms with E-state index in [-0.39, 0.29) is 5.91 Å². The highest BCUT2D eigenvalue weighted by atomic mass is 16.1. The molecule has 2 rings (SSSR count). The van der Waals surface area contributed by atoms with E-state index < -0.39 is 0 Å². The quantitative estimate of drug-likeness (QED) is 0.833. The number of nitrogens with one attached hydrogen (secondary N) is 2. The minimum Gasteiger partial charge on any atom is -0.353 e. The van der Waals surface area contributed by atoms with Crippen LogP contribution in [0.4, 0.5) is 0 Å². The van der Waals surface area contributed by atoms with Gasteiger partial charge in [0, 0.05) is 12.5 Å². The summed E-state index contributed by atoms with van der Waals surface area (Å²) in [7, 11) is 0. The molecule has 1 amide bonds. The maximum atomic E-state index is 12.2. The lowest BCUT2D eigenvalue weighted by Gasteiger charge is -2.34. The molecular formula is C18H34N2O. The summed E-state index contributed by atoms with van der Waals surface area (Å²) >= 11 is 0. The van der Waals surface area contributed by atoms with Crippen LogP contribution in [0.5, 0.6) is 0 Å². The summed E-state index contributed by atoms with van der Waals surface area (Å²) in [6.07, 6.45) is 9.40. The Kier molecular flexibility index (Phi) is 6.09. The van der Waals surface area contributed by atoms with Gasteiger partial charge in [0.1, 0.15) is 0 Å². The van der Waals surface area contributed by atoms with Crippen molar-refractivity contribution in [3.05, 3.63) is 0 Å². The van der Waals surface area contributed by atoms with Gasteiger partial charge in [-0.25, -0.2) is 0 Å². The summed E-state index contributed by atoms with van der Waals surface area (Å²) in [5, 5.41) is 6.71. The first-order valence-corrected chi connectivity index (χ1v) is 8.92. The van der Waals surface area contributed by atoms with E-state index in [1.54, 1.807) is 0 Å². The topological polar surface area (TPSA) is 41.1 Å². The highest BCUT2D eigenvalue weighted by molar-refractivity contribution is 5.76. The maximum Gasteiger partial charge on any atom is 0.220 e. The van der Waals surface area contributed by atoms with Crippen molar-refractivity contribution < 1.29 is 4.79 Å². The lowest BCUT2D eigenvalue weighted by Crippen LogP contribution is -2.41. The normalized spacial score (nSPS) is 30.9. The molecule has 0 bridgehead atoms. The number of rotatable bonds is 4. The van der Waals surface area contributed by atoms with Gasteiger partial charge in [-0.2, -0.15) is 0 Å². The van der Waals surface area contributed by atoms with Crippen LogP contribution in [-0.2, 0) is 4.79 Å². The summed E-state index contributed by atoms with van der Waals surface area (Å²) in [5.74, 6) is 1.62. The number of piperidine rings is 1. The Balaban J connectivity index is 1.72. The molecule has 3 atom stereocenters. The monoisotopic (exact) mass is 294 g/mol. The van der Waals surface area contributed by atoms with Gasteiger partial charge in [0.05, 0.1) is 0 Å². The number of amides is 1. The lowest BCUT2D eigenvalue weighted by molar-refractivity contribution is -0.123. The first kappa shape index (κ1) is 16.8. The molecule has 0 spiro atoms. The van der Waals surface area contributed by atoms with Crippen molar-refractivity contribution >= 4 is 5.91 Å². The minimum absolute atomic E-state index is 0.283. The van der Waals surface area contributed by atoms with Gasteiger partial charge in [0.2, 0.25) is 5.91 Å². The van der Waals surface area contributed by atoms with Crippen molar-refractivity contribution in [2.75, 3.05) is 13.1 Å². The van der Waals surface area contributed by atoms with Gasteiger partial charge in [0.25, 0.3) is 0 Å². The van der Waals surface area contributed by atoms with Gasteiger partial charge in [-0.1, -0.05) is 33.6 Å². The van der Waals surface area contributed by atoms with Crippen LogP contribution in [0.1, 0.15) is 72.1 Å². The average Bonchev–Trinajstić information content (AvgIpc) is 2.38. The summed E-state index contributed by atoms with van der Waals surface area (Å²) in [5.41, 5.74) is 0.407. The Bertz CT molecular complexity index is 329. The van der Waals surface area contributed by atoms with E-state index in [0.29, 0.717) is 23.8 Å². The van der Waals surface area contributed by atoms with E-state index in [1.165, 1.54) is 44.9 Å². The average molecular weight is 294 g/mol. The summed E-state index contributed by atoms with van der Waals surface area (Å²) in [4.78, 5) is 12.2. The molecule has 2 aliphatic rings. The van der Waals surface area contributed by atoms with Crippen LogP contribution >= 0.6 is 0 Å². The fourth-order valence-electron chi connectivity index (χ4n) is 4.12. The predicted molar refractivity (Wildman–Crippen MR) is 88.2 cm³/mol. The van der Waals surface area contributed by atoms with E-state index >= 15 is 0 Å². The number of hydrogen-bond acceptors (Lipinski definition) is 2. The molecule has 0 radical (unpaired) electrons. The molecule has 2 N–H and O–H groups in total. The van der Waals surface area contributed by atoms with Crippen LogP contribution in [-0.4, -0.2) is 25.0 Å². The van der Waals surface area contributed by atoms with Crippen molar-refractivity contribution in [3.8, 4) is 0 Å². The molecule has 1 heterocycles. The first-order valence-electron chi connectivity index (χ1n) is 8.92. The van der Waals surface area contributed by atoms with E-state index in [2.05, 4.69) is 31.4 Å². The van der Waals surface area contributed by atoms with Crippen LogP contribution < -0.4 is 10.6 Å². The Morgan fingerprint density at radius 1 is 1.14 bits per heavy atom. The summed E-state index contributed by atoms with van der Waals surface area (Å²) in [6, 6.07) is 0.426. The molecule has 0 aromatic carbocycles. The van der Waals surface area contributed by atoms with Crippen molar-refractivity contribution in [1.82, 2.24) is 10.6 Å². The van der Waals surface area contributed by atoms with E-state index in [1.807, 2.05) is 0 Å². The largest absolute Gasteiger partial charge is 0.353 e. The number of hydrogen-bond donors (Lipinski definition) is 2. The molecule has 1 aliphatic heterocycles. The van der Waals surface area contributed by atoms with E-state index in [9.17, 15) is 4.79 Å². The second-order valence-corrected chi connectivity index (χ2v) is 8.48. The zero-order chi connectivity index (χ0) is 15.3. The standard InChI is InChI=1S/C18H34N2O/c1-18(2,3)12-14-6-4-8-16(10-14)20-17(21)11-15-7-5-9-19-13-15/h14-16,19H,4-13H2,1-3H3,(H,20,21). The molecule has 1 aliphatic carbocycles. The fraction of sp³-hybridized carbons (Fsp3) is 0.944.